The van der Waals surface area contributed by atoms with Gasteiger partial charge in [-0.25, -0.2) is 0 Å². The molecule has 0 aliphatic rings. The maximum atomic E-state index is 9.00. The monoisotopic (exact) mass is 301 g/mol. The van der Waals surface area contributed by atoms with E-state index in [-0.39, 0.29) is 0 Å². The summed E-state index contributed by atoms with van der Waals surface area (Å²) in [6.07, 6.45) is 0. The van der Waals surface area contributed by atoms with Crippen molar-refractivity contribution >= 4 is 15.9 Å². The molecule has 2 rings (SSSR count). The number of halogens is 1. The molecule has 0 aromatic heterocycles. The summed E-state index contributed by atoms with van der Waals surface area (Å²) in [5.41, 5.74) is 2.94. The first kappa shape index (κ1) is 12.7. The van der Waals surface area contributed by atoms with E-state index in [1.165, 1.54) is 11.1 Å². The van der Waals surface area contributed by atoms with Gasteiger partial charge in [0.25, 0.3) is 0 Å². The van der Waals surface area contributed by atoms with Gasteiger partial charge in [0, 0.05) is 5.33 Å². The molecule has 0 unspecified atom stereocenters. The molecule has 0 aliphatic heterocycles. The summed E-state index contributed by atoms with van der Waals surface area (Å²) in [5, 5.41) is 9.82. The Morgan fingerprint density at radius 3 is 2.67 bits per heavy atom. The third-order valence-electron chi connectivity index (χ3n) is 2.69. The lowest BCUT2D eigenvalue weighted by Gasteiger charge is -2.09. The van der Waals surface area contributed by atoms with Crippen molar-refractivity contribution in [1.29, 1.82) is 5.26 Å². The molecule has 0 heterocycles. The van der Waals surface area contributed by atoms with Gasteiger partial charge in [0.05, 0.1) is 5.56 Å². The van der Waals surface area contributed by atoms with Gasteiger partial charge in [0.2, 0.25) is 0 Å². The van der Waals surface area contributed by atoms with E-state index in [1.807, 2.05) is 37.3 Å². The maximum absolute atomic E-state index is 9.00. The first-order valence-electron chi connectivity index (χ1n) is 5.57. The van der Waals surface area contributed by atoms with E-state index in [0.29, 0.717) is 11.3 Å². The Bertz CT molecular complexity index is 602. The van der Waals surface area contributed by atoms with Crippen molar-refractivity contribution in [3.63, 3.8) is 0 Å². The van der Waals surface area contributed by atoms with Crippen LogP contribution in [0.3, 0.4) is 0 Å². The molecule has 2 aromatic rings. The van der Waals surface area contributed by atoms with Gasteiger partial charge in [0.15, 0.2) is 0 Å². The molecule has 2 aromatic carbocycles. The molecule has 90 valence electrons. The number of nitrogens with zero attached hydrogens (tertiary/aromatic N) is 1. The molecule has 0 spiro atoms. The summed E-state index contributed by atoms with van der Waals surface area (Å²) in [6, 6.07) is 15.3. The van der Waals surface area contributed by atoms with E-state index in [1.54, 1.807) is 12.1 Å². The van der Waals surface area contributed by atoms with Crippen molar-refractivity contribution in [3.05, 3.63) is 59.2 Å². The zero-order chi connectivity index (χ0) is 13.0. The normalized spacial score (nSPS) is 9.83. The topological polar surface area (TPSA) is 33.0 Å². The van der Waals surface area contributed by atoms with E-state index in [2.05, 4.69) is 22.0 Å². The van der Waals surface area contributed by atoms with E-state index >= 15 is 0 Å². The molecule has 0 saturated heterocycles. The van der Waals surface area contributed by atoms with Crippen molar-refractivity contribution in [2.45, 2.75) is 12.3 Å². The summed E-state index contributed by atoms with van der Waals surface area (Å²) in [6.45, 7) is 2.04. The van der Waals surface area contributed by atoms with Gasteiger partial charge in [-0.15, -0.1) is 0 Å². The average molecular weight is 302 g/mol. The van der Waals surface area contributed by atoms with Gasteiger partial charge < -0.3 is 4.74 Å². The van der Waals surface area contributed by atoms with Crippen LogP contribution >= 0.6 is 15.9 Å². The fraction of sp³-hybridized carbons (Fsp3) is 0.133. The van der Waals surface area contributed by atoms with Crippen LogP contribution in [0.2, 0.25) is 0 Å². The molecule has 0 fully saturated rings. The van der Waals surface area contributed by atoms with E-state index in [9.17, 15) is 0 Å². The third-order valence-corrected chi connectivity index (χ3v) is 3.30. The minimum atomic E-state index is 0.541. The summed E-state index contributed by atoms with van der Waals surface area (Å²) >= 11 is 3.44. The molecule has 0 radical (unpaired) electrons. The Hall–Kier alpha value is -1.79. The van der Waals surface area contributed by atoms with Crippen LogP contribution in [0.25, 0.3) is 0 Å². The molecular weight excluding hydrogens is 290 g/mol. The first-order chi connectivity index (χ1) is 8.74. The summed E-state index contributed by atoms with van der Waals surface area (Å²) in [7, 11) is 0. The van der Waals surface area contributed by atoms with E-state index in [4.69, 9.17) is 10.00 Å². The van der Waals surface area contributed by atoms with Crippen LogP contribution in [0.15, 0.2) is 42.5 Å². The SMILES string of the molecule is Cc1cc(Oc2ccccc2C#N)ccc1CBr. The number of rotatable bonds is 3. The Balaban J connectivity index is 2.29. The highest BCUT2D eigenvalue weighted by Crippen LogP contribution is 2.26. The maximum Gasteiger partial charge on any atom is 0.145 e. The predicted molar refractivity (Wildman–Crippen MR) is 75.0 cm³/mol. The van der Waals surface area contributed by atoms with Gasteiger partial charge in [-0.3, -0.25) is 0 Å². The first-order valence-corrected chi connectivity index (χ1v) is 6.69. The number of nitriles is 1. The minimum Gasteiger partial charge on any atom is -0.456 e. The second kappa shape index (κ2) is 5.70. The lowest BCUT2D eigenvalue weighted by atomic mass is 10.1. The number of benzene rings is 2. The number of hydrogen-bond acceptors (Lipinski definition) is 2. The van der Waals surface area contributed by atoms with Crippen molar-refractivity contribution in [2.24, 2.45) is 0 Å². The summed E-state index contributed by atoms with van der Waals surface area (Å²) in [4.78, 5) is 0. The minimum absolute atomic E-state index is 0.541. The number of ether oxygens (including phenoxy) is 1. The Labute approximate surface area is 115 Å². The zero-order valence-corrected chi connectivity index (χ0v) is 11.6. The highest BCUT2D eigenvalue weighted by molar-refractivity contribution is 9.08. The molecule has 0 aliphatic carbocycles. The molecule has 2 nitrogen and oxygen atoms in total. The smallest absolute Gasteiger partial charge is 0.145 e. The Kier molecular flexibility index (Phi) is 4.01. The van der Waals surface area contributed by atoms with Crippen LogP contribution in [-0.2, 0) is 5.33 Å². The zero-order valence-electron chi connectivity index (χ0n) is 9.98. The molecule has 0 atom stereocenters. The second-order valence-corrected chi connectivity index (χ2v) is 4.49. The lowest BCUT2D eigenvalue weighted by molar-refractivity contribution is 0.480. The third kappa shape index (κ3) is 2.72. The van der Waals surface area contributed by atoms with Crippen molar-refractivity contribution in [1.82, 2.24) is 0 Å². The number of hydrogen-bond donors (Lipinski definition) is 0. The Morgan fingerprint density at radius 2 is 2.00 bits per heavy atom. The van der Waals surface area contributed by atoms with E-state index in [0.717, 1.165) is 11.1 Å². The average Bonchev–Trinajstić information content (AvgIpc) is 2.39. The molecular formula is C15H12BrNO. The molecule has 0 saturated carbocycles. The summed E-state index contributed by atoms with van der Waals surface area (Å²) < 4.78 is 5.74. The van der Waals surface area contributed by atoms with Crippen molar-refractivity contribution in [2.75, 3.05) is 0 Å². The fourth-order valence-corrected chi connectivity index (χ4v) is 2.29. The van der Waals surface area contributed by atoms with Gasteiger partial charge in [-0.05, 0) is 42.3 Å². The molecule has 0 amide bonds. The predicted octanol–water partition coefficient (Wildman–Crippen LogP) is 4.55. The lowest BCUT2D eigenvalue weighted by Crippen LogP contribution is -1.90. The highest BCUT2D eigenvalue weighted by atomic mass is 79.9. The molecule has 0 N–H and O–H groups in total. The van der Waals surface area contributed by atoms with Crippen LogP contribution in [0.5, 0.6) is 11.5 Å². The standard InChI is InChI=1S/C15H12BrNO/c1-11-8-14(7-6-12(11)9-16)18-15-5-3-2-4-13(15)10-17/h2-8H,9H2,1H3. The molecule has 18 heavy (non-hydrogen) atoms. The highest BCUT2D eigenvalue weighted by Gasteiger charge is 2.05. The van der Waals surface area contributed by atoms with Gasteiger partial charge in [0.1, 0.15) is 17.6 Å². The van der Waals surface area contributed by atoms with Crippen molar-refractivity contribution < 1.29 is 4.74 Å². The van der Waals surface area contributed by atoms with Gasteiger partial charge in [-0.2, -0.15) is 5.26 Å². The van der Waals surface area contributed by atoms with Crippen LogP contribution in [0.1, 0.15) is 16.7 Å². The summed E-state index contributed by atoms with van der Waals surface area (Å²) in [5.74, 6) is 1.34. The molecule has 3 heteroatoms. The van der Waals surface area contributed by atoms with Crippen LogP contribution in [0, 0.1) is 18.3 Å². The van der Waals surface area contributed by atoms with Crippen LogP contribution < -0.4 is 4.74 Å². The second-order valence-electron chi connectivity index (χ2n) is 3.93. The van der Waals surface area contributed by atoms with E-state index < -0.39 is 0 Å². The largest absolute Gasteiger partial charge is 0.456 e. The quantitative estimate of drug-likeness (QED) is 0.779. The van der Waals surface area contributed by atoms with Crippen LogP contribution in [0.4, 0.5) is 0 Å². The number of aryl methyl sites for hydroxylation is 1. The van der Waals surface area contributed by atoms with Crippen molar-refractivity contribution in [3.8, 4) is 17.6 Å². The van der Waals surface area contributed by atoms with Gasteiger partial charge in [-0.1, -0.05) is 34.1 Å². The van der Waals surface area contributed by atoms with Crippen LogP contribution in [-0.4, -0.2) is 0 Å². The number of alkyl halides is 1. The Morgan fingerprint density at radius 1 is 1.22 bits per heavy atom. The molecule has 0 bridgehead atoms. The van der Waals surface area contributed by atoms with Gasteiger partial charge >= 0.3 is 0 Å². The number of para-hydroxylation sites is 1. The fourth-order valence-electron chi connectivity index (χ4n) is 1.66.